The van der Waals surface area contributed by atoms with Crippen molar-refractivity contribution in [2.75, 3.05) is 20.6 Å². The molecule has 7 heteroatoms. The molecule has 2 rings (SSSR count). The van der Waals surface area contributed by atoms with Crippen molar-refractivity contribution in [3.63, 3.8) is 0 Å². The van der Waals surface area contributed by atoms with Crippen molar-refractivity contribution in [1.82, 2.24) is 20.1 Å². The van der Waals surface area contributed by atoms with Gasteiger partial charge in [0.1, 0.15) is 0 Å². The van der Waals surface area contributed by atoms with Crippen molar-refractivity contribution in [1.29, 1.82) is 0 Å². The first kappa shape index (κ1) is 20.8. The van der Waals surface area contributed by atoms with Crippen molar-refractivity contribution in [2.24, 2.45) is 12.0 Å². The zero-order chi connectivity index (χ0) is 19.8. The third-order valence-corrected chi connectivity index (χ3v) is 4.43. The van der Waals surface area contributed by atoms with Crippen molar-refractivity contribution in [2.45, 2.75) is 26.4 Å². The number of nitrogens with one attached hydrogen (secondary N) is 2. The highest BCUT2D eigenvalue weighted by Gasteiger charge is 2.10. The summed E-state index contributed by atoms with van der Waals surface area (Å²) in [7, 11) is 5.70. The summed E-state index contributed by atoms with van der Waals surface area (Å²) in [4.78, 5) is 18.5. The molecule has 1 aromatic carbocycles. The smallest absolute Gasteiger partial charge is 0.251 e. The number of hydrogen-bond donors (Lipinski definition) is 2. The summed E-state index contributed by atoms with van der Waals surface area (Å²) in [5.74, 6) is 0.731. The molecule has 2 aromatic rings. The zero-order valence-corrected chi connectivity index (χ0v) is 17.2. The highest BCUT2D eigenvalue weighted by atomic mass is 35.5. The van der Waals surface area contributed by atoms with Gasteiger partial charge in [-0.05, 0) is 30.2 Å². The Labute approximate surface area is 166 Å². The van der Waals surface area contributed by atoms with E-state index in [0.717, 1.165) is 28.7 Å². The molecule has 0 radical (unpaired) electrons. The van der Waals surface area contributed by atoms with Crippen LogP contribution >= 0.6 is 11.6 Å². The Hall–Kier alpha value is -2.47. The van der Waals surface area contributed by atoms with E-state index < -0.39 is 0 Å². The normalized spacial score (nSPS) is 11.4. The minimum atomic E-state index is -0.0409. The van der Waals surface area contributed by atoms with Crippen LogP contribution in [-0.2, 0) is 20.1 Å². The fourth-order valence-electron chi connectivity index (χ4n) is 2.77. The molecule has 2 N–H and O–H groups in total. The summed E-state index contributed by atoms with van der Waals surface area (Å²) in [6, 6.07) is 9.57. The summed E-state index contributed by atoms with van der Waals surface area (Å²) >= 11 is 6.06. The Morgan fingerprint density at radius 3 is 2.70 bits per heavy atom. The number of benzene rings is 1. The van der Waals surface area contributed by atoms with Gasteiger partial charge in [-0.1, -0.05) is 30.7 Å². The van der Waals surface area contributed by atoms with Gasteiger partial charge in [-0.25, -0.2) is 0 Å². The Morgan fingerprint density at radius 2 is 2.07 bits per heavy atom. The van der Waals surface area contributed by atoms with E-state index in [9.17, 15) is 4.79 Å². The number of nitrogens with zero attached hydrogens (tertiary/aromatic N) is 3. The van der Waals surface area contributed by atoms with Gasteiger partial charge in [-0.2, -0.15) is 0 Å². The first-order valence-corrected chi connectivity index (χ1v) is 9.42. The SMILES string of the molecule is CCCNC(=O)c1cccc(CNC(=NC)N(C)Cc2cc(Cl)cn2C)c1. The topological polar surface area (TPSA) is 61.7 Å². The van der Waals surface area contributed by atoms with Crippen molar-refractivity contribution in [3.05, 3.63) is 58.4 Å². The predicted molar refractivity (Wildman–Crippen MR) is 111 cm³/mol. The van der Waals surface area contributed by atoms with E-state index in [1.54, 1.807) is 7.05 Å². The minimum Gasteiger partial charge on any atom is -0.352 e. The molecule has 0 aliphatic rings. The standard InChI is InChI=1S/C20H28ClN5O/c1-5-9-23-19(27)16-8-6-7-15(10-16)12-24-20(22-2)26(4)14-18-11-17(21)13-25(18)3/h6-8,10-11,13H,5,9,12,14H2,1-4H3,(H,22,24)(H,23,27). The van der Waals surface area contributed by atoms with Crippen LogP contribution < -0.4 is 10.6 Å². The zero-order valence-electron chi connectivity index (χ0n) is 16.4. The quantitative estimate of drug-likeness (QED) is 0.565. The Morgan fingerprint density at radius 1 is 1.30 bits per heavy atom. The van der Waals surface area contributed by atoms with Crippen molar-refractivity contribution >= 4 is 23.5 Å². The van der Waals surface area contributed by atoms with Crippen molar-refractivity contribution < 1.29 is 4.79 Å². The third-order valence-electron chi connectivity index (χ3n) is 4.22. The van der Waals surface area contributed by atoms with Crippen molar-refractivity contribution in [3.8, 4) is 0 Å². The van der Waals surface area contributed by atoms with E-state index >= 15 is 0 Å². The number of guanidine groups is 1. The number of halogens is 1. The van der Waals surface area contributed by atoms with Crippen LogP contribution in [0.3, 0.4) is 0 Å². The summed E-state index contributed by atoms with van der Waals surface area (Å²) in [6.45, 7) is 3.98. The van der Waals surface area contributed by atoms with E-state index in [1.165, 1.54) is 0 Å². The number of aliphatic imine (C=N–C) groups is 1. The van der Waals surface area contributed by atoms with Gasteiger partial charge in [0.05, 0.1) is 11.6 Å². The molecule has 0 bridgehead atoms. The molecule has 1 aromatic heterocycles. The molecule has 0 aliphatic carbocycles. The Kier molecular flexibility index (Phi) is 7.73. The lowest BCUT2D eigenvalue weighted by Crippen LogP contribution is -2.38. The van der Waals surface area contributed by atoms with Gasteiger partial charge in [0, 0.05) is 51.7 Å². The van der Waals surface area contributed by atoms with Gasteiger partial charge in [-0.15, -0.1) is 0 Å². The van der Waals surface area contributed by atoms with Crippen LogP contribution in [-0.4, -0.2) is 42.0 Å². The van der Waals surface area contributed by atoms with Crippen LogP contribution in [0.2, 0.25) is 5.02 Å². The minimum absolute atomic E-state index is 0.0409. The molecular weight excluding hydrogens is 362 g/mol. The molecule has 1 amide bonds. The lowest BCUT2D eigenvalue weighted by molar-refractivity contribution is 0.0953. The lowest BCUT2D eigenvalue weighted by Gasteiger charge is -2.22. The number of aryl methyl sites for hydroxylation is 1. The van der Waals surface area contributed by atoms with E-state index in [-0.39, 0.29) is 5.91 Å². The molecule has 146 valence electrons. The second kappa shape index (κ2) is 10.0. The van der Waals surface area contributed by atoms with E-state index in [1.807, 2.05) is 67.0 Å². The molecule has 0 saturated heterocycles. The number of hydrogen-bond acceptors (Lipinski definition) is 2. The number of amides is 1. The highest BCUT2D eigenvalue weighted by Crippen LogP contribution is 2.14. The van der Waals surface area contributed by atoms with Gasteiger partial charge in [-0.3, -0.25) is 9.79 Å². The van der Waals surface area contributed by atoms with Gasteiger partial charge in [0.25, 0.3) is 5.91 Å². The average Bonchev–Trinajstić information content (AvgIpc) is 2.97. The summed E-state index contributed by atoms with van der Waals surface area (Å²) < 4.78 is 2.00. The fourth-order valence-corrected chi connectivity index (χ4v) is 3.04. The summed E-state index contributed by atoms with van der Waals surface area (Å²) in [5.41, 5.74) is 2.79. The van der Waals surface area contributed by atoms with Crippen LogP contribution in [0.15, 0.2) is 41.5 Å². The van der Waals surface area contributed by atoms with E-state index in [0.29, 0.717) is 25.2 Å². The lowest BCUT2D eigenvalue weighted by atomic mass is 10.1. The Balaban J connectivity index is 1.97. The highest BCUT2D eigenvalue weighted by molar-refractivity contribution is 6.30. The molecule has 0 saturated carbocycles. The molecule has 0 spiro atoms. The average molecular weight is 390 g/mol. The first-order chi connectivity index (χ1) is 12.9. The number of aromatic nitrogens is 1. The Bertz CT molecular complexity index is 799. The number of carbonyl (C=O) groups excluding carboxylic acids is 1. The van der Waals surface area contributed by atoms with Crippen LogP contribution in [0.25, 0.3) is 0 Å². The molecule has 0 fully saturated rings. The molecule has 6 nitrogen and oxygen atoms in total. The maximum atomic E-state index is 12.1. The summed E-state index contributed by atoms with van der Waals surface area (Å²) in [5, 5.41) is 6.97. The van der Waals surface area contributed by atoms with Crippen LogP contribution in [0.1, 0.15) is 35.0 Å². The summed E-state index contributed by atoms with van der Waals surface area (Å²) in [6.07, 6.45) is 2.80. The second-order valence-corrected chi connectivity index (χ2v) is 6.91. The van der Waals surface area contributed by atoms with Crippen LogP contribution in [0.5, 0.6) is 0 Å². The molecule has 0 unspecified atom stereocenters. The van der Waals surface area contributed by atoms with Gasteiger partial charge in [0.15, 0.2) is 5.96 Å². The van der Waals surface area contributed by atoms with Crippen LogP contribution in [0.4, 0.5) is 0 Å². The predicted octanol–water partition coefficient (Wildman–Crippen LogP) is 3.03. The van der Waals surface area contributed by atoms with E-state index in [4.69, 9.17) is 11.6 Å². The maximum absolute atomic E-state index is 12.1. The first-order valence-electron chi connectivity index (χ1n) is 9.04. The van der Waals surface area contributed by atoms with Crippen LogP contribution in [0, 0.1) is 0 Å². The third kappa shape index (κ3) is 6.03. The largest absolute Gasteiger partial charge is 0.352 e. The van der Waals surface area contributed by atoms with Gasteiger partial charge in [0.2, 0.25) is 0 Å². The molecule has 0 aliphatic heterocycles. The van der Waals surface area contributed by atoms with Gasteiger partial charge < -0.3 is 20.1 Å². The molecular formula is C20H28ClN5O. The number of carbonyl (C=O) groups is 1. The molecule has 1 heterocycles. The number of rotatable bonds is 7. The maximum Gasteiger partial charge on any atom is 0.251 e. The molecule has 0 atom stereocenters. The second-order valence-electron chi connectivity index (χ2n) is 6.47. The molecule has 27 heavy (non-hydrogen) atoms. The van der Waals surface area contributed by atoms with Gasteiger partial charge >= 0.3 is 0 Å². The van der Waals surface area contributed by atoms with E-state index in [2.05, 4.69) is 15.6 Å². The monoisotopic (exact) mass is 389 g/mol. The fraction of sp³-hybridized carbons (Fsp3) is 0.400.